The van der Waals surface area contributed by atoms with Crippen molar-refractivity contribution in [1.82, 2.24) is 9.80 Å². The quantitative estimate of drug-likeness (QED) is 0.926. The normalized spacial score (nSPS) is 16.2. The van der Waals surface area contributed by atoms with Crippen molar-refractivity contribution in [2.75, 3.05) is 38.0 Å². The molecule has 0 atom stereocenters. The van der Waals surface area contributed by atoms with Crippen molar-refractivity contribution in [2.24, 2.45) is 5.41 Å². The highest BCUT2D eigenvalue weighted by molar-refractivity contribution is 5.90. The van der Waals surface area contributed by atoms with Gasteiger partial charge in [0.2, 0.25) is 11.8 Å². The summed E-state index contributed by atoms with van der Waals surface area (Å²) >= 11 is 0. The van der Waals surface area contributed by atoms with E-state index in [9.17, 15) is 9.59 Å². The predicted octanol–water partition coefficient (Wildman–Crippen LogP) is 2.21. The van der Waals surface area contributed by atoms with Crippen LogP contribution in [-0.2, 0) is 9.59 Å². The van der Waals surface area contributed by atoms with E-state index >= 15 is 0 Å². The van der Waals surface area contributed by atoms with E-state index in [0.717, 1.165) is 38.4 Å². The SMILES string of the molecule is CC(C)(C)C(=O)N1CCN(CCC(=O)Nc2ccccc2)CC1. The third-order valence-corrected chi connectivity index (χ3v) is 4.01. The minimum atomic E-state index is -0.322. The van der Waals surface area contributed by atoms with Crippen molar-refractivity contribution in [3.05, 3.63) is 30.3 Å². The Hall–Kier alpha value is -1.88. The van der Waals surface area contributed by atoms with Crippen molar-refractivity contribution in [3.63, 3.8) is 0 Å². The van der Waals surface area contributed by atoms with Crippen molar-refractivity contribution in [1.29, 1.82) is 0 Å². The van der Waals surface area contributed by atoms with Gasteiger partial charge >= 0.3 is 0 Å². The van der Waals surface area contributed by atoms with Crippen LogP contribution in [-0.4, -0.2) is 54.3 Å². The fourth-order valence-electron chi connectivity index (χ4n) is 2.65. The van der Waals surface area contributed by atoms with Gasteiger partial charge in [0.15, 0.2) is 0 Å². The van der Waals surface area contributed by atoms with Crippen LogP contribution in [0.4, 0.5) is 5.69 Å². The molecular weight excluding hydrogens is 290 g/mol. The highest BCUT2D eigenvalue weighted by Crippen LogP contribution is 2.18. The van der Waals surface area contributed by atoms with Crippen molar-refractivity contribution in [3.8, 4) is 0 Å². The number of nitrogens with zero attached hydrogens (tertiary/aromatic N) is 2. The van der Waals surface area contributed by atoms with E-state index in [-0.39, 0.29) is 17.2 Å². The third-order valence-electron chi connectivity index (χ3n) is 4.01. The minimum Gasteiger partial charge on any atom is -0.340 e. The number of carbonyl (C=O) groups is 2. The van der Waals surface area contributed by atoms with Crippen LogP contribution in [0.2, 0.25) is 0 Å². The number of hydrogen-bond acceptors (Lipinski definition) is 3. The van der Waals surface area contributed by atoms with Crippen LogP contribution in [0.5, 0.6) is 0 Å². The number of nitrogens with one attached hydrogen (secondary N) is 1. The zero-order valence-electron chi connectivity index (χ0n) is 14.3. The van der Waals surface area contributed by atoms with Gasteiger partial charge in [-0.15, -0.1) is 0 Å². The standard InChI is InChI=1S/C18H27N3O2/c1-18(2,3)17(23)21-13-11-20(12-14-21)10-9-16(22)19-15-7-5-4-6-8-15/h4-8H,9-14H2,1-3H3,(H,19,22). The molecule has 5 nitrogen and oxygen atoms in total. The summed E-state index contributed by atoms with van der Waals surface area (Å²) in [6, 6.07) is 9.50. The van der Waals surface area contributed by atoms with Gasteiger partial charge in [0.25, 0.3) is 0 Å². The number of piperazine rings is 1. The summed E-state index contributed by atoms with van der Waals surface area (Å²) in [7, 11) is 0. The summed E-state index contributed by atoms with van der Waals surface area (Å²) in [5.74, 6) is 0.239. The second kappa shape index (κ2) is 7.59. The van der Waals surface area contributed by atoms with Crippen molar-refractivity contribution >= 4 is 17.5 Å². The highest BCUT2D eigenvalue weighted by atomic mass is 16.2. The molecule has 126 valence electrons. The first-order valence-electron chi connectivity index (χ1n) is 8.23. The monoisotopic (exact) mass is 317 g/mol. The first-order valence-corrected chi connectivity index (χ1v) is 8.23. The number of amides is 2. The van der Waals surface area contributed by atoms with E-state index in [1.807, 2.05) is 56.0 Å². The molecule has 0 aliphatic carbocycles. The van der Waals surface area contributed by atoms with E-state index in [4.69, 9.17) is 0 Å². The average Bonchev–Trinajstić information content (AvgIpc) is 2.53. The Morgan fingerprint density at radius 2 is 1.65 bits per heavy atom. The van der Waals surface area contributed by atoms with Crippen LogP contribution in [0.3, 0.4) is 0 Å². The fourth-order valence-corrected chi connectivity index (χ4v) is 2.65. The van der Waals surface area contributed by atoms with Gasteiger partial charge < -0.3 is 10.2 Å². The van der Waals surface area contributed by atoms with Gasteiger partial charge in [0.05, 0.1) is 0 Å². The topological polar surface area (TPSA) is 52.7 Å². The van der Waals surface area contributed by atoms with Crippen LogP contribution in [0.25, 0.3) is 0 Å². The summed E-state index contributed by atoms with van der Waals surface area (Å²) in [5, 5.41) is 2.90. The van der Waals surface area contributed by atoms with E-state index in [2.05, 4.69) is 10.2 Å². The summed E-state index contributed by atoms with van der Waals surface area (Å²) < 4.78 is 0. The van der Waals surface area contributed by atoms with Crippen molar-refractivity contribution in [2.45, 2.75) is 27.2 Å². The second-order valence-electron chi connectivity index (χ2n) is 7.05. The number of anilines is 1. The zero-order valence-corrected chi connectivity index (χ0v) is 14.3. The number of hydrogen-bond donors (Lipinski definition) is 1. The average molecular weight is 317 g/mol. The Morgan fingerprint density at radius 3 is 2.22 bits per heavy atom. The molecule has 1 aromatic carbocycles. The van der Waals surface area contributed by atoms with Crippen LogP contribution in [0, 0.1) is 5.41 Å². The van der Waals surface area contributed by atoms with Gasteiger partial charge in [-0.25, -0.2) is 0 Å². The number of benzene rings is 1. The summed E-state index contributed by atoms with van der Waals surface area (Å²) in [5.41, 5.74) is 0.510. The molecule has 0 aromatic heterocycles. The molecule has 23 heavy (non-hydrogen) atoms. The lowest BCUT2D eigenvalue weighted by Gasteiger charge is -2.37. The second-order valence-corrected chi connectivity index (χ2v) is 7.05. The van der Waals surface area contributed by atoms with Crippen LogP contribution < -0.4 is 5.32 Å². The lowest BCUT2D eigenvalue weighted by atomic mass is 9.94. The maximum Gasteiger partial charge on any atom is 0.228 e. The Balaban J connectivity index is 1.70. The highest BCUT2D eigenvalue weighted by Gasteiger charge is 2.29. The summed E-state index contributed by atoms with van der Waals surface area (Å²) in [6.07, 6.45) is 0.474. The molecule has 1 saturated heterocycles. The Bertz CT molecular complexity index is 529. The lowest BCUT2D eigenvalue weighted by molar-refractivity contribution is -0.141. The first kappa shape index (κ1) is 17.5. The molecule has 0 unspecified atom stereocenters. The Kier molecular flexibility index (Phi) is 5.77. The zero-order chi connectivity index (χ0) is 16.9. The van der Waals surface area contributed by atoms with Gasteiger partial charge in [-0.05, 0) is 12.1 Å². The molecule has 5 heteroatoms. The van der Waals surface area contributed by atoms with E-state index in [1.165, 1.54) is 0 Å². The molecule has 1 aliphatic rings. The third kappa shape index (κ3) is 5.36. The molecule has 0 spiro atoms. The molecule has 1 heterocycles. The van der Waals surface area contributed by atoms with Gasteiger partial charge in [-0.1, -0.05) is 39.0 Å². The molecule has 1 N–H and O–H groups in total. The van der Waals surface area contributed by atoms with Gasteiger partial charge in [-0.2, -0.15) is 0 Å². The van der Waals surface area contributed by atoms with Gasteiger partial charge in [0.1, 0.15) is 0 Å². The first-order chi connectivity index (χ1) is 10.9. The maximum atomic E-state index is 12.2. The van der Waals surface area contributed by atoms with Crippen LogP contribution in [0.1, 0.15) is 27.2 Å². The molecule has 0 bridgehead atoms. The van der Waals surface area contributed by atoms with Crippen molar-refractivity contribution < 1.29 is 9.59 Å². The fraction of sp³-hybridized carbons (Fsp3) is 0.556. The molecular formula is C18H27N3O2. The molecule has 2 amide bonds. The molecule has 0 radical (unpaired) electrons. The van der Waals surface area contributed by atoms with Gasteiger partial charge in [0, 0.05) is 50.2 Å². The summed E-state index contributed by atoms with van der Waals surface area (Å²) in [6.45, 7) is 9.75. The minimum absolute atomic E-state index is 0.0318. The molecule has 1 aliphatic heterocycles. The molecule has 1 fully saturated rings. The van der Waals surface area contributed by atoms with Crippen LogP contribution >= 0.6 is 0 Å². The van der Waals surface area contributed by atoms with Gasteiger partial charge in [-0.3, -0.25) is 14.5 Å². The number of rotatable bonds is 4. The van der Waals surface area contributed by atoms with E-state index in [0.29, 0.717) is 6.42 Å². The number of para-hydroxylation sites is 1. The Labute approximate surface area is 138 Å². The molecule has 2 rings (SSSR count). The van der Waals surface area contributed by atoms with E-state index in [1.54, 1.807) is 0 Å². The molecule has 0 saturated carbocycles. The largest absolute Gasteiger partial charge is 0.340 e. The van der Waals surface area contributed by atoms with E-state index < -0.39 is 0 Å². The summed E-state index contributed by atoms with van der Waals surface area (Å²) in [4.78, 5) is 28.4. The smallest absolute Gasteiger partial charge is 0.228 e. The number of carbonyl (C=O) groups excluding carboxylic acids is 2. The predicted molar refractivity (Wildman–Crippen MR) is 92.2 cm³/mol. The maximum absolute atomic E-state index is 12.2. The Morgan fingerprint density at radius 1 is 1.04 bits per heavy atom. The lowest BCUT2D eigenvalue weighted by Crippen LogP contribution is -2.51. The molecule has 1 aromatic rings. The van der Waals surface area contributed by atoms with Crippen LogP contribution in [0.15, 0.2) is 30.3 Å².